The van der Waals surface area contributed by atoms with Crippen LogP contribution in [-0.2, 0) is 7.05 Å². The molecule has 96 valence electrons. The summed E-state index contributed by atoms with van der Waals surface area (Å²) in [6.07, 6.45) is 2.97. The average molecular weight is 236 g/mol. The van der Waals surface area contributed by atoms with E-state index in [0.717, 1.165) is 18.5 Å². The van der Waals surface area contributed by atoms with E-state index in [9.17, 15) is 4.79 Å². The number of nitrogens with zero attached hydrogens (tertiary/aromatic N) is 1. The van der Waals surface area contributed by atoms with Crippen molar-refractivity contribution in [1.82, 2.24) is 9.88 Å². The molecule has 0 fully saturated rings. The molecule has 1 N–H and O–H groups in total. The largest absolute Gasteiger partial charge is 0.319 e. The van der Waals surface area contributed by atoms with E-state index in [0.29, 0.717) is 11.8 Å². The summed E-state index contributed by atoms with van der Waals surface area (Å²) in [5.41, 5.74) is 2.19. The maximum Gasteiger partial charge on any atom is 0.253 e. The lowest BCUT2D eigenvalue weighted by Gasteiger charge is -2.21. The van der Waals surface area contributed by atoms with E-state index >= 15 is 0 Å². The van der Waals surface area contributed by atoms with Gasteiger partial charge in [0.05, 0.1) is 0 Å². The molecule has 0 aliphatic rings. The Morgan fingerprint density at radius 1 is 1.41 bits per heavy atom. The average Bonchev–Trinajstić information content (AvgIpc) is 2.25. The quantitative estimate of drug-likeness (QED) is 0.849. The molecule has 0 bridgehead atoms. The van der Waals surface area contributed by atoms with Crippen LogP contribution in [0.4, 0.5) is 0 Å². The number of rotatable bonds is 5. The number of hydrogen-bond acceptors (Lipinski definition) is 2. The highest BCUT2D eigenvalue weighted by atomic mass is 16.1. The van der Waals surface area contributed by atoms with Crippen LogP contribution in [0.5, 0.6) is 0 Å². The van der Waals surface area contributed by atoms with Crippen LogP contribution < -0.4 is 10.9 Å². The number of aromatic nitrogens is 1. The molecule has 1 heterocycles. The summed E-state index contributed by atoms with van der Waals surface area (Å²) in [4.78, 5) is 11.9. The lowest BCUT2D eigenvalue weighted by molar-refractivity contribution is 0.481. The Hall–Kier alpha value is -1.09. The molecule has 0 aliphatic heterocycles. The summed E-state index contributed by atoms with van der Waals surface area (Å²) in [6.45, 7) is 7.30. The molecule has 3 nitrogen and oxygen atoms in total. The Balaban J connectivity index is 3.10. The van der Waals surface area contributed by atoms with E-state index in [-0.39, 0.29) is 5.56 Å². The number of hydrogen-bond donors (Lipinski definition) is 1. The second kappa shape index (κ2) is 6.01. The van der Waals surface area contributed by atoms with Crippen LogP contribution >= 0.6 is 0 Å². The van der Waals surface area contributed by atoms with Gasteiger partial charge in [-0.05, 0) is 43.9 Å². The van der Waals surface area contributed by atoms with Crippen LogP contribution in [0, 0.1) is 12.8 Å². The molecular weight excluding hydrogens is 212 g/mol. The van der Waals surface area contributed by atoms with Crippen molar-refractivity contribution in [3.05, 3.63) is 33.7 Å². The normalized spacial score (nSPS) is 13.1. The summed E-state index contributed by atoms with van der Waals surface area (Å²) >= 11 is 0. The van der Waals surface area contributed by atoms with E-state index in [1.165, 1.54) is 5.56 Å². The SMILES string of the molecule is CNCC(CC(C)C)c1ccn(C)c(=O)c1C. The molecule has 0 radical (unpaired) electrons. The number of likely N-dealkylation sites (N-methyl/N-ethyl adjacent to an activating group) is 1. The van der Waals surface area contributed by atoms with Gasteiger partial charge in [-0.15, -0.1) is 0 Å². The van der Waals surface area contributed by atoms with Crippen molar-refractivity contribution in [3.63, 3.8) is 0 Å². The third-order valence-electron chi connectivity index (χ3n) is 3.20. The van der Waals surface area contributed by atoms with Crippen molar-refractivity contribution in [2.24, 2.45) is 13.0 Å². The first kappa shape index (κ1) is 14.0. The predicted molar refractivity (Wildman–Crippen MR) is 72.5 cm³/mol. The lowest BCUT2D eigenvalue weighted by atomic mass is 9.88. The monoisotopic (exact) mass is 236 g/mol. The van der Waals surface area contributed by atoms with Crippen molar-refractivity contribution in [2.75, 3.05) is 13.6 Å². The Labute approximate surface area is 104 Å². The molecule has 0 aliphatic carbocycles. The Bertz CT molecular complexity index is 421. The first-order valence-corrected chi connectivity index (χ1v) is 6.28. The van der Waals surface area contributed by atoms with E-state index < -0.39 is 0 Å². The van der Waals surface area contributed by atoms with E-state index in [1.54, 1.807) is 11.6 Å². The standard InChI is InChI=1S/C14H24N2O/c1-10(2)8-12(9-15-4)13-6-7-16(5)14(17)11(13)3/h6-7,10,12,15H,8-9H2,1-5H3. The van der Waals surface area contributed by atoms with Gasteiger partial charge in [-0.3, -0.25) is 4.79 Å². The number of nitrogens with one attached hydrogen (secondary N) is 1. The molecule has 0 spiro atoms. The molecule has 0 amide bonds. The minimum atomic E-state index is 0.118. The predicted octanol–water partition coefficient (Wildman–Crippen LogP) is 2.04. The zero-order valence-electron chi connectivity index (χ0n) is 11.6. The molecule has 0 aromatic carbocycles. The van der Waals surface area contributed by atoms with E-state index in [4.69, 9.17) is 0 Å². The van der Waals surface area contributed by atoms with Crippen LogP contribution in [0.15, 0.2) is 17.1 Å². The topological polar surface area (TPSA) is 34.0 Å². The molecule has 0 saturated carbocycles. The molecule has 3 heteroatoms. The molecule has 1 rings (SSSR count). The van der Waals surface area contributed by atoms with Gasteiger partial charge in [0, 0.05) is 25.4 Å². The first-order chi connectivity index (χ1) is 7.97. The van der Waals surface area contributed by atoms with Crippen molar-refractivity contribution in [3.8, 4) is 0 Å². The van der Waals surface area contributed by atoms with Crippen molar-refractivity contribution >= 4 is 0 Å². The zero-order chi connectivity index (χ0) is 13.0. The molecule has 0 saturated heterocycles. The van der Waals surface area contributed by atoms with Crippen LogP contribution in [-0.4, -0.2) is 18.2 Å². The van der Waals surface area contributed by atoms with E-state index in [1.807, 2.05) is 20.2 Å². The first-order valence-electron chi connectivity index (χ1n) is 6.28. The second-order valence-electron chi connectivity index (χ2n) is 5.20. The smallest absolute Gasteiger partial charge is 0.253 e. The number of pyridine rings is 1. The lowest BCUT2D eigenvalue weighted by Crippen LogP contribution is -2.25. The molecule has 1 aromatic heterocycles. The fraction of sp³-hybridized carbons (Fsp3) is 0.643. The number of aryl methyl sites for hydroxylation is 1. The highest BCUT2D eigenvalue weighted by molar-refractivity contribution is 5.27. The maximum atomic E-state index is 11.9. The van der Waals surface area contributed by atoms with Gasteiger partial charge in [-0.25, -0.2) is 0 Å². The highest BCUT2D eigenvalue weighted by Gasteiger charge is 2.16. The summed E-state index contributed by atoms with van der Waals surface area (Å²) < 4.78 is 1.64. The van der Waals surface area contributed by atoms with Gasteiger partial charge >= 0.3 is 0 Å². The van der Waals surface area contributed by atoms with Gasteiger partial charge in [0.25, 0.3) is 5.56 Å². The van der Waals surface area contributed by atoms with Crippen LogP contribution in [0.25, 0.3) is 0 Å². The van der Waals surface area contributed by atoms with Crippen molar-refractivity contribution in [1.29, 1.82) is 0 Å². The van der Waals surface area contributed by atoms with Gasteiger partial charge in [0.15, 0.2) is 0 Å². The minimum Gasteiger partial charge on any atom is -0.319 e. The minimum absolute atomic E-state index is 0.118. The highest BCUT2D eigenvalue weighted by Crippen LogP contribution is 2.24. The Morgan fingerprint density at radius 2 is 2.06 bits per heavy atom. The maximum absolute atomic E-state index is 11.9. The van der Waals surface area contributed by atoms with Gasteiger partial charge in [0.1, 0.15) is 0 Å². The fourth-order valence-electron chi connectivity index (χ4n) is 2.35. The summed E-state index contributed by atoms with van der Waals surface area (Å²) in [5, 5.41) is 3.22. The second-order valence-corrected chi connectivity index (χ2v) is 5.20. The molecule has 1 atom stereocenters. The summed E-state index contributed by atoms with van der Waals surface area (Å²) in [6, 6.07) is 2.08. The summed E-state index contributed by atoms with van der Waals surface area (Å²) in [7, 11) is 3.76. The molecule has 1 unspecified atom stereocenters. The fourth-order valence-corrected chi connectivity index (χ4v) is 2.35. The van der Waals surface area contributed by atoms with Gasteiger partial charge in [-0.1, -0.05) is 13.8 Å². The molecular formula is C14H24N2O. The van der Waals surface area contributed by atoms with Crippen LogP contribution in [0.2, 0.25) is 0 Å². The van der Waals surface area contributed by atoms with Crippen LogP contribution in [0.1, 0.15) is 37.3 Å². The third-order valence-corrected chi connectivity index (χ3v) is 3.20. The van der Waals surface area contributed by atoms with Crippen molar-refractivity contribution < 1.29 is 0 Å². The Morgan fingerprint density at radius 3 is 2.59 bits per heavy atom. The van der Waals surface area contributed by atoms with Gasteiger partial charge in [0.2, 0.25) is 0 Å². The van der Waals surface area contributed by atoms with Gasteiger partial charge in [-0.2, -0.15) is 0 Å². The van der Waals surface area contributed by atoms with E-state index in [2.05, 4.69) is 25.2 Å². The molecule has 1 aromatic rings. The zero-order valence-corrected chi connectivity index (χ0v) is 11.6. The third kappa shape index (κ3) is 3.43. The molecule has 17 heavy (non-hydrogen) atoms. The summed E-state index contributed by atoms with van der Waals surface area (Å²) in [5.74, 6) is 1.06. The van der Waals surface area contributed by atoms with Gasteiger partial charge < -0.3 is 9.88 Å². The Kier molecular flexibility index (Phi) is 4.94. The van der Waals surface area contributed by atoms with Crippen molar-refractivity contribution in [2.45, 2.75) is 33.1 Å². The van der Waals surface area contributed by atoms with Crippen LogP contribution in [0.3, 0.4) is 0 Å².